The first kappa shape index (κ1) is 20.9. The van der Waals surface area contributed by atoms with Crippen LogP contribution >= 0.6 is 0 Å². The SMILES string of the molecule is CC(Oc1ccc(C(C)(C)CC(C)(C)C)cc1)OC(C)S(=O)(=O)O. The lowest BCUT2D eigenvalue weighted by atomic mass is 9.72. The van der Waals surface area contributed by atoms with Crippen LogP contribution in [0.15, 0.2) is 24.3 Å². The largest absolute Gasteiger partial charge is 0.465 e. The standard InChI is InChI=1S/C18H30O5S/c1-13(22-14(2)24(19,20)21)23-16-10-8-15(9-11-16)18(6,7)12-17(3,4)5/h8-11,13-14H,12H2,1-7H3,(H,19,20,21). The third-order valence-electron chi connectivity index (χ3n) is 3.71. The molecule has 0 spiro atoms. The molecular formula is C18H30O5S. The molecule has 0 aliphatic rings. The minimum Gasteiger partial charge on any atom is -0.465 e. The van der Waals surface area contributed by atoms with Gasteiger partial charge in [-0.2, -0.15) is 8.42 Å². The Kier molecular flexibility index (Phi) is 6.47. The molecule has 0 aliphatic heterocycles. The first-order chi connectivity index (χ1) is 10.7. The minimum absolute atomic E-state index is 0.0401. The second-order valence-electron chi connectivity index (χ2n) is 8.05. The second-order valence-corrected chi connectivity index (χ2v) is 9.74. The third-order valence-corrected chi connectivity index (χ3v) is 4.66. The average Bonchev–Trinajstić information content (AvgIpc) is 2.35. The smallest absolute Gasteiger partial charge is 0.292 e. The Labute approximate surface area is 146 Å². The van der Waals surface area contributed by atoms with Gasteiger partial charge in [-0.25, -0.2) is 0 Å². The molecule has 0 aromatic heterocycles. The quantitative estimate of drug-likeness (QED) is 0.578. The lowest BCUT2D eigenvalue weighted by Gasteiger charge is -2.33. The van der Waals surface area contributed by atoms with Crippen molar-refractivity contribution in [3.63, 3.8) is 0 Å². The van der Waals surface area contributed by atoms with E-state index in [1.54, 1.807) is 6.92 Å². The van der Waals surface area contributed by atoms with Crippen molar-refractivity contribution in [3.05, 3.63) is 29.8 Å². The van der Waals surface area contributed by atoms with E-state index in [1.165, 1.54) is 12.5 Å². The van der Waals surface area contributed by atoms with Crippen molar-refractivity contribution >= 4 is 10.1 Å². The van der Waals surface area contributed by atoms with Crippen molar-refractivity contribution in [1.82, 2.24) is 0 Å². The molecule has 0 fully saturated rings. The maximum absolute atomic E-state index is 11.0. The first-order valence-corrected chi connectivity index (χ1v) is 9.60. The van der Waals surface area contributed by atoms with Crippen LogP contribution in [0.25, 0.3) is 0 Å². The summed E-state index contributed by atoms with van der Waals surface area (Å²) in [6, 6.07) is 7.72. The van der Waals surface area contributed by atoms with Gasteiger partial charge in [-0.3, -0.25) is 4.55 Å². The van der Waals surface area contributed by atoms with E-state index >= 15 is 0 Å². The fourth-order valence-corrected chi connectivity index (χ4v) is 3.27. The summed E-state index contributed by atoms with van der Waals surface area (Å²) in [6.07, 6.45) is 0.251. The van der Waals surface area contributed by atoms with Crippen LogP contribution in [0.4, 0.5) is 0 Å². The predicted molar refractivity (Wildman–Crippen MR) is 95.7 cm³/mol. The fraction of sp³-hybridized carbons (Fsp3) is 0.667. The van der Waals surface area contributed by atoms with Gasteiger partial charge in [-0.05, 0) is 48.8 Å². The highest BCUT2D eigenvalue weighted by Crippen LogP contribution is 2.36. The molecule has 1 aromatic carbocycles. The van der Waals surface area contributed by atoms with Gasteiger partial charge in [0.15, 0.2) is 11.7 Å². The molecule has 2 unspecified atom stereocenters. The molecule has 6 heteroatoms. The van der Waals surface area contributed by atoms with E-state index in [1.807, 2.05) is 24.3 Å². The highest BCUT2D eigenvalue weighted by Gasteiger charge is 2.27. The monoisotopic (exact) mass is 358 g/mol. The van der Waals surface area contributed by atoms with Crippen molar-refractivity contribution in [2.24, 2.45) is 5.41 Å². The molecule has 2 atom stereocenters. The molecule has 0 saturated carbocycles. The highest BCUT2D eigenvalue weighted by atomic mass is 32.2. The van der Waals surface area contributed by atoms with Crippen LogP contribution in [0.2, 0.25) is 0 Å². The summed E-state index contributed by atoms with van der Waals surface area (Å²) in [5.74, 6) is 0.584. The van der Waals surface area contributed by atoms with Gasteiger partial charge in [0, 0.05) is 0 Å². The van der Waals surface area contributed by atoms with Crippen molar-refractivity contribution in [1.29, 1.82) is 0 Å². The molecule has 5 nitrogen and oxygen atoms in total. The normalized spacial score (nSPS) is 15.8. The summed E-state index contributed by atoms with van der Waals surface area (Å²) < 4.78 is 41.5. The number of hydrogen-bond acceptors (Lipinski definition) is 4. The maximum atomic E-state index is 11.0. The number of hydrogen-bond donors (Lipinski definition) is 1. The van der Waals surface area contributed by atoms with Gasteiger partial charge < -0.3 is 9.47 Å². The molecule has 1 rings (SSSR count). The van der Waals surface area contributed by atoms with Crippen molar-refractivity contribution in [2.45, 2.75) is 72.0 Å². The predicted octanol–water partition coefficient (Wildman–Crippen LogP) is 4.38. The van der Waals surface area contributed by atoms with Gasteiger partial charge in [0.25, 0.3) is 10.1 Å². The molecule has 0 saturated heterocycles. The summed E-state index contributed by atoms with van der Waals surface area (Å²) in [5, 5.41) is 0. The summed E-state index contributed by atoms with van der Waals surface area (Å²) >= 11 is 0. The van der Waals surface area contributed by atoms with Crippen molar-refractivity contribution in [2.75, 3.05) is 0 Å². The number of rotatable bonds is 7. The molecule has 0 amide bonds. The average molecular weight is 358 g/mol. The zero-order chi connectivity index (χ0) is 18.8. The van der Waals surface area contributed by atoms with E-state index in [2.05, 4.69) is 34.6 Å². The third kappa shape index (κ3) is 6.79. The van der Waals surface area contributed by atoms with E-state index in [4.69, 9.17) is 14.0 Å². The summed E-state index contributed by atoms with van der Waals surface area (Å²) in [6.45, 7) is 13.9. The molecule has 0 radical (unpaired) electrons. The van der Waals surface area contributed by atoms with Gasteiger partial charge in [0.1, 0.15) is 5.75 Å². The molecule has 1 N–H and O–H groups in total. The van der Waals surface area contributed by atoms with Crippen molar-refractivity contribution < 1.29 is 22.4 Å². The Balaban J connectivity index is 2.74. The van der Waals surface area contributed by atoms with Gasteiger partial charge in [-0.15, -0.1) is 0 Å². The lowest BCUT2D eigenvalue weighted by molar-refractivity contribution is -0.0778. The summed E-state index contributed by atoms with van der Waals surface area (Å²) in [4.78, 5) is 0. The van der Waals surface area contributed by atoms with Gasteiger partial charge in [-0.1, -0.05) is 46.8 Å². The Bertz CT molecular complexity index is 626. The zero-order valence-corrected chi connectivity index (χ0v) is 16.5. The van der Waals surface area contributed by atoms with Crippen molar-refractivity contribution in [3.8, 4) is 5.75 Å². The summed E-state index contributed by atoms with van der Waals surface area (Å²) in [5.41, 5.74) is 0.146. The van der Waals surface area contributed by atoms with E-state index < -0.39 is 21.8 Å². The van der Waals surface area contributed by atoms with Crippen LogP contribution in [0.3, 0.4) is 0 Å². The van der Waals surface area contributed by atoms with E-state index in [0.29, 0.717) is 5.75 Å². The van der Waals surface area contributed by atoms with Crippen LogP contribution in [0.5, 0.6) is 5.75 Å². The van der Waals surface area contributed by atoms with Crippen LogP contribution in [0, 0.1) is 5.41 Å². The Morgan fingerprint density at radius 3 is 1.96 bits per heavy atom. The van der Waals surface area contributed by atoms with Crippen LogP contribution in [-0.4, -0.2) is 24.7 Å². The van der Waals surface area contributed by atoms with Crippen LogP contribution in [0.1, 0.15) is 60.5 Å². The molecule has 138 valence electrons. The Morgan fingerprint density at radius 1 is 1.04 bits per heavy atom. The maximum Gasteiger partial charge on any atom is 0.292 e. The minimum atomic E-state index is -4.24. The Morgan fingerprint density at radius 2 is 1.54 bits per heavy atom. The number of ether oxygens (including phenoxy) is 2. The fourth-order valence-electron chi connectivity index (χ4n) is 2.97. The van der Waals surface area contributed by atoms with E-state index in [0.717, 1.165) is 6.42 Å². The molecule has 0 bridgehead atoms. The van der Waals surface area contributed by atoms with Crippen LogP contribution < -0.4 is 4.74 Å². The van der Waals surface area contributed by atoms with E-state index in [9.17, 15) is 8.42 Å². The highest BCUT2D eigenvalue weighted by molar-refractivity contribution is 7.86. The topological polar surface area (TPSA) is 72.8 Å². The van der Waals surface area contributed by atoms with Gasteiger partial charge in [0.05, 0.1) is 0 Å². The zero-order valence-electron chi connectivity index (χ0n) is 15.7. The molecular weight excluding hydrogens is 328 g/mol. The number of benzene rings is 1. The second kappa shape index (κ2) is 7.42. The first-order valence-electron chi connectivity index (χ1n) is 8.10. The van der Waals surface area contributed by atoms with Gasteiger partial charge in [0.2, 0.25) is 0 Å². The molecule has 24 heavy (non-hydrogen) atoms. The molecule has 0 heterocycles. The summed E-state index contributed by atoms with van der Waals surface area (Å²) in [7, 11) is -4.24. The van der Waals surface area contributed by atoms with E-state index in [-0.39, 0.29) is 10.8 Å². The molecule has 0 aliphatic carbocycles. The van der Waals surface area contributed by atoms with Gasteiger partial charge >= 0.3 is 0 Å². The van der Waals surface area contributed by atoms with Crippen LogP contribution in [-0.2, 0) is 20.3 Å². The molecule has 1 aromatic rings. The lowest BCUT2D eigenvalue weighted by Crippen LogP contribution is -2.28. The Hall–Kier alpha value is -1.11.